The van der Waals surface area contributed by atoms with E-state index < -0.39 is 29.8 Å². The molecule has 3 rings (SSSR count). The quantitative estimate of drug-likeness (QED) is 0.477. The molecule has 2 aliphatic rings. The molecule has 1 aliphatic carbocycles. The molecule has 0 bridgehead atoms. The average molecular weight is 443 g/mol. The molecule has 7 heteroatoms. The Balaban J connectivity index is 1.99. The molecule has 1 saturated heterocycles. The number of hydrogen-bond acceptors (Lipinski definition) is 5. The predicted octanol–water partition coefficient (Wildman–Crippen LogP) is 2.84. The summed E-state index contributed by atoms with van der Waals surface area (Å²) < 4.78 is 5.34. The number of likely N-dealkylation sites (tertiary alicyclic amines) is 1. The number of benzene rings is 1. The Morgan fingerprint density at radius 3 is 2.44 bits per heavy atom. The van der Waals surface area contributed by atoms with Gasteiger partial charge >= 0.3 is 5.97 Å². The molecule has 1 aliphatic heterocycles. The highest BCUT2D eigenvalue weighted by Gasteiger charge is 2.57. The first kappa shape index (κ1) is 24.0. The van der Waals surface area contributed by atoms with Gasteiger partial charge in [0.2, 0.25) is 11.8 Å². The van der Waals surface area contributed by atoms with Gasteiger partial charge in [0.25, 0.3) is 0 Å². The van der Waals surface area contributed by atoms with Crippen molar-refractivity contribution in [3.05, 3.63) is 41.5 Å². The molecule has 32 heavy (non-hydrogen) atoms. The van der Waals surface area contributed by atoms with Crippen LogP contribution in [0.1, 0.15) is 37.8 Å². The Morgan fingerprint density at radius 1 is 1.16 bits per heavy atom. The topological polar surface area (TPSA) is 95.9 Å². The fraction of sp³-hybridized carbons (Fsp3) is 0.560. The molecule has 7 nitrogen and oxygen atoms in total. The van der Waals surface area contributed by atoms with E-state index >= 15 is 0 Å². The number of aryl methyl sites for hydroxylation is 2. The van der Waals surface area contributed by atoms with Gasteiger partial charge in [-0.2, -0.15) is 0 Å². The van der Waals surface area contributed by atoms with Gasteiger partial charge in [0, 0.05) is 18.2 Å². The predicted molar refractivity (Wildman–Crippen MR) is 122 cm³/mol. The molecule has 1 aromatic rings. The molecule has 0 radical (unpaired) electrons. The van der Waals surface area contributed by atoms with E-state index in [0.29, 0.717) is 0 Å². The number of para-hydroxylation sites is 1. The van der Waals surface area contributed by atoms with E-state index in [1.54, 1.807) is 6.92 Å². The van der Waals surface area contributed by atoms with Gasteiger partial charge < -0.3 is 20.1 Å². The molecule has 1 heterocycles. The van der Waals surface area contributed by atoms with E-state index in [1.165, 1.54) is 4.90 Å². The molecule has 0 aromatic heterocycles. The minimum atomic E-state index is -0.797. The van der Waals surface area contributed by atoms with Gasteiger partial charge in [-0.3, -0.25) is 14.4 Å². The molecule has 5 atom stereocenters. The molecule has 2 amide bonds. The molecule has 0 spiro atoms. The summed E-state index contributed by atoms with van der Waals surface area (Å²) >= 11 is 0. The standard InChI is InChI=1S/C25H34N2O5/c1-5-8-17-11-12-18-20(19(17)25(31)32-6-2)24(30)27(13-14-28)22(18)23(29)26-21-15(3)9-7-10-16(21)4/h7,9-12,17-20,22,28H,5-6,8,13-14H2,1-4H3,(H,26,29)/t17-,18+,19-,20-,22+/m1/s1. The van der Waals surface area contributed by atoms with Crippen LogP contribution in [0.5, 0.6) is 0 Å². The SMILES string of the molecule is CCC[C@@H]1C=C[C@H]2[C@@H](C(=O)N(CCO)[C@@H]2C(=O)Nc2c(C)cccc2C)[C@@H]1C(=O)OCC. The molecule has 0 unspecified atom stereocenters. The summed E-state index contributed by atoms with van der Waals surface area (Å²) in [4.78, 5) is 41.3. The van der Waals surface area contributed by atoms with Crippen LogP contribution < -0.4 is 5.32 Å². The lowest BCUT2D eigenvalue weighted by atomic mass is 9.69. The molecule has 1 aromatic carbocycles. The van der Waals surface area contributed by atoms with Crippen molar-refractivity contribution < 1.29 is 24.2 Å². The second kappa shape index (κ2) is 10.3. The van der Waals surface area contributed by atoms with E-state index in [2.05, 4.69) is 5.32 Å². The van der Waals surface area contributed by atoms with E-state index in [-0.39, 0.29) is 37.5 Å². The second-order valence-electron chi connectivity index (χ2n) is 8.67. The first-order valence-corrected chi connectivity index (χ1v) is 11.5. The first-order valence-electron chi connectivity index (χ1n) is 11.5. The third-order valence-corrected chi connectivity index (χ3v) is 6.63. The number of aliphatic hydroxyl groups excluding tert-OH is 1. The minimum absolute atomic E-state index is 0.0402. The molecular formula is C25H34N2O5. The fourth-order valence-corrected chi connectivity index (χ4v) is 5.22. The summed E-state index contributed by atoms with van der Waals surface area (Å²) in [5.41, 5.74) is 2.59. The molecule has 2 N–H and O–H groups in total. The lowest BCUT2D eigenvalue weighted by molar-refractivity contribution is -0.155. The van der Waals surface area contributed by atoms with Gasteiger partial charge in [-0.05, 0) is 44.2 Å². The van der Waals surface area contributed by atoms with Crippen LogP contribution in [-0.2, 0) is 19.1 Å². The van der Waals surface area contributed by atoms with Crippen LogP contribution in [0.25, 0.3) is 0 Å². The van der Waals surface area contributed by atoms with Crippen LogP contribution in [0.4, 0.5) is 5.69 Å². The van der Waals surface area contributed by atoms with Crippen LogP contribution in [0.3, 0.4) is 0 Å². The maximum absolute atomic E-state index is 13.5. The lowest BCUT2D eigenvalue weighted by Gasteiger charge is -2.33. The highest BCUT2D eigenvalue weighted by Crippen LogP contribution is 2.45. The summed E-state index contributed by atoms with van der Waals surface area (Å²) in [5, 5.41) is 12.6. The second-order valence-corrected chi connectivity index (χ2v) is 8.67. The summed E-state index contributed by atoms with van der Waals surface area (Å²) in [5.74, 6) is -2.83. The zero-order valence-electron chi connectivity index (χ0n) is 19.3. The van der Waals surface area contributed by atoms with Gasteiger partial charge in [-0.25, -0.2) is 0 Å². The number of allylic oxidation sites excluding steroid dienone is 1. The zero-order chi connectivity index (χ0) is 23.4. The number of aliphatic hydroxyl groups is 1. The maximum Gasteiger partial charge on any atom is 0.310 e. The number of amides is 2. The average Bonchev–Trinajstić information content (AvgIpc) is 3.03. The van der Waals surface area contributed by atoms with Crippen molar-refractivity contribution in [3.8, 4) is 0 Å². The van der Waals surface area contributed by atoms with Crippen molar-refractivity contribution >= 4 is 23.5 Å². The van der Waals surface area contributed by atoms with Crippen molar-refractivity contribution in [3.63, 3.8) is 0 Å². The summed E-state index contributed by atoms with van der Waals surface area (Å²) in [6.07, 6.45) is 5.52. The van der Waals surface area contributed by atoms with Crippen LogP contribution in [0.15, 0.2) is 30.4 Å². The van der Waals surface area contributed by atoms with Crippen molar-refractivity contribution in [1.82, 2.24) is 4.90 Å². The van der Waals surface area contributed by atoms with Gasteiger partial charge in [0.05, 0.1) is 25.0 Å². The van der Waals surface area contributed by atoms with Gasteiger partial charge in [0.1, 0.15) is 6.04 Å². The first-order chi connectivity index (χ1) is 15.3. The van der Waals surface area contributed by atoms with E-state index in [0.717, 1.165) is 29.7 Å². The van der Waals surface area contributed by atoms with Crippen molar-refractivity contribution in [2.24, 2.45) is 23.7 Å². The summed E-state index contributed by atoms with van der Waals surface area (Å²) in [6.45, 7) is 7.64. The summed E-state index contributed by atoms with van der Waals surface area (Å²) in [6, 6.07) is 4.97. The Bertz CT molecular complexity index is 876. The van der Waals surface area contributed by atoms with E-state index in [4.69, 9.17) is 4.74 Å². The van der Waals surface area contributed by atoms with Crippen molar-refractivity contribution in [2.75, 3.05) is 25.1 Å². The van der Waals surface area contributed by atoms with E-state index in [9.17, 15) is 19.5 Å². The number of carbonyl (C=O) groups excluding carboxylic acids is 3. The molecular weight excluding hydrogens is 408 g/mol. The normalized spacial score (nSPS) is 26.7. The number of nitrogens with zero attached hydrogens (tertiary/aromatic N) is 1. The van der Waals surface area contributed by atoms with Crippen LogP contribution in [-0.4, -0.2) is 53.6 Å². The maximum atomic E-state index is 13.5. The van der Waals surface area contributed by atoms with Gasteiger partial charge in [0.15, 0.2) is 0 Å². The highest BCUT2D eigenvalue weighted by atomic mass is 16.5. The molecule has 174 valence electrons. The number of hydrogen-bond donors (Lipinski definition) is 2. The van der Waals surface area contributed by atoms with E-state index in [1.807, 2.05) is 51.1 Å². The lowest BCUT2D eigenvalue weighted by Crippen LogP contribution is -2.45. The molecule has 1 fully saturated rings. The third kappa shape index (κ3) is 4.44. The number of nitrogens with one attached hydrogen (secondary N) is 1. The fourth-order valence-electron chi connectivity index (χ4n) is 5.22. The minimum Gasteiger partial charge on any atom is -0.466 e. The number of carbonyl (C=O) groups is 3. The number of anilines is 1. The Morgan fingerprint density at radius 2 is 1.84 bits per heavy atom. The number of esters is 1. The van der Waals surface area contributed by atoms with Crippen LogP contribution >= 0.6 is 0 Å². The number of ether oxygens (including phenoxy) is 1. The third-order valence-electron chi connectivity index (χ3n) is 6.63. The van der Waals surface area contributed by atoms with Gasteiger partial charge in [-0.1, -0.05) is 43.7 Å². The smallest absolute Gasteiger partial charge is 0.310 e. The molecule has 0 saturated carbocycles. The number of rotatable bonds is 8. The Labute approximate surface area is 189 Å². The Hall–Kier alpha value is -2.67. The van der Waals surface area contributed by atoms with Gasteiger partial charge in [-0.15, -0.1) is 0 Å². The largest absolute Gasteiger partial charge is 0.466 e. The van der Waals surface area contributed by atoms with Crippen LogP contribution in [0, 0.1) is 37.5 Å². The summed E-state index contributed by atoms with van der Waals surface area (Å²) in [7, 11) is 0. The van der Waals surface area contributed by atoms with Crippen LogP contribution in [0.2, 0.25) is 0 Å². The van der Waals surface area contributed by atoms with Crippen molar-refractivity contribution in [2.45, 2.75) is 46.6 Å². The monoisotopic (exact) mass is 442 g/mol. The number of fused-ring (bicyclic) bond motifs is 1. The zero-order valence-corrected chi connectivity index (χ0v) is 19.3. The Kier molecular flexibility index (Phi) is 7.72. The highest BCUT2D eigenvalue weighted by molar-refractivity contribution is 6.02. The number of β-amino-alcohol motifs (C(OH)–C–C–N with tert-alkyl or cyclic N) is 1. The van der Waals surface area contributed by atoms with Crippen molar-refractivity contribution in [1.29, 1.82) is 0 Å².